The Morgan fingerprint density at radius 1 is 1.28 bits per heavy atom. The van der Waals surface area contributed by atoms with Crippen LogP contribution in [0.2, 0.25) is 0 Å². The molecule has 1 atom stereocenters. The molecule has 1 aromatic carbocycles. The number of anilines is 1. The van der Waals surface area contributed by atoms with Crippen LogP contribution in [0.25, 0.3) is 0 Å². The van der Waals surface area contributed by atoms with Gasteiger partial charge in [-0.25, -0.2) is 4.79 Å². The first kappa shape index (κ1) is 14.5. The van der Waals surface area contributed by atoms with Gasteiger partial charge >= 0.3 is 5.97 Å². The van der Waals surface area contributed by atoms with E-state index in [1.807, 2.05) is 31.2 Å². The Kier molecular flexibility index (Phi) is 6.22. The molecule has 0 bridgehead atoms. The molecule has 0 saturated carbocycles. The van der Waals surface area contributed by atoms with Crippen LogP contribution in [0, 0.1) is 0 Å². The van der Waals surface area contributed by atoms with Crippen molar-refractivity contribution < 1.29 is 14.3 Å². The number of nitrogens with two attached hydrogens (primary N) is 1. The van der Waals surface area contributed by atoms with Crippen molar-refractivity contribution >= 4 is 11.7 Å². The molecular formula is C14H21NO3. The number of hydrogen-bond donors (Lipinski definition) is 1. The molecule has 0 saturated heterocycles. The van der Waals surface area contributed by atoms with E-state index in [0.717, 1.165) is 12.0 Å². The first-order valence-electron chi connectivity index (χ1n) is 6.30. The molecule has 0 aliphatic rings. The third kappa shape index (κ3) is 4.75. The smallest absolute Gasteiger partial charge is 0.335 e. The molecule has 0 aliphatic carbocycles. The van der Waals surface area contributed by atoms with Crippen molar-refractivity contribution in [2.24, 2.45) is 0 Å². The van der Waals surface area contributed by atoms with Gasteiger partial charge in [0.15, 0.2) is 6.10 Å². The third-order valence-electron chi connectivity index (χ3n) is 2.53. The molecule has 0 heterocycles. The van der Waals surface area contributed by atoms with Gasteiger partial charge in [-0.05, 0) is 31.0 Å². The number of carbonyl (C=O) groups is 1. The van der Waals surface area contributed by atoms with E-state index in [-0.39, 0.29) is 5.97 Å². The van der Waals surface area contributed by atoms with Crippen LogP contribution in [-0.4, -0.2) is 18.7 Å². The average molecular weight is 251 g/mol. The summed E-state index contributed by atoms with van der Waals surface area (Å²) >= 11 is 0. The van der Waals surface area contributed by atoms with Crippen molar-refractivity contribution in [2.45, 2.75) is 39.4 Å². The average Bonchev–Trinajstić information content (AvgIpc) is 2.36. The van der Waals surface area contributed by atoms with E-state index in [0.29, 0.717) is 25.3 Å². The van der Waals surface area contributed by atoms with E-state index in [4.69, 9.17) is 15.2 Å². The molecule has 4 heteroatoms. The van der Waals surface area contributed by atoms with Gasteiger partial charge in [-0.15, -0.1) is 0 Å². The SMILES string of the molecule is CCCC(OCc1ccc(N)cc1)C(=O)OCC. The molecular weight excluding hydrogens is 230 g/mol. The molecule has 1 aromatic rings. The molecule has 1 rings (SSSR count). The fourth-order valence-electron chi connectivity index (χ4n) is 1.58. The van der Waals surface area contributed by atoms with Gasteiger partial charge in [-0.3, -0.25) is 0 Å². The summed E-state index contributed by atoms with van der Waals surface area (Å²) in [5.74, 6) is -0.283. The molecule has 0 fully saturated rings. The van der Waals surface area contributed by atoms with E-state index >= 15 is 0 Å². The Bertz CT molecular complexity index is 362. The molecule has 0 aliphatic heterocycles. The molecule has 0 amide bonds. The maximum atomic E-state index is 11.6. The van der Waals surface area contributed by atoms with Crippen molar-refractivity contribution in [1.29, 1.82) is 0 Å². The van der Waals surface area contributed by atoms with Crippen LogP contribution in [0.15, 0.2) is 24.3 Å². The fraction of sp³-hybridized carbons (Fsp3) is 0.500. The second kappa shape index (κ2) is 7.71. The topological polar surface area (TPSA) is 61.5 Å². The van der Waals surface area contributed by atoms with Crippen LogP contribution in [0.4, 0.5) is 5.69 Å². The standard InChI is InChI=1S/C14H21NO3/c1-3-5-13(14(16)17-4-2)18-10-11-6-8-12(15)9-7-11/h6-9,13H,3-5,10,15H2,1-2H3. The maximum absolute atomic E-state index is 11.6. The highest BCUT2D eigenvalue weighted by molar-refractivity contribution is 5.74. The Balaban J connectivity index is 2.51. The van der Waals surface area contributed by atoms with Crippen molar-refractivity contribution in [2.75, 3.05) is 12.3 Å². The lowest BCUT2D eigenvalue weighted by molar-refractivity contribution is -0.158. The number of carbonyl (C=O) groups excluding carboxylic acids is 1. The summed E-state index contributed by atoms with van der Waals surface area (Å²) in [5, 5.41) is 0. The zero-order valence-electron chi connectivity index (χ0n) is 11.0. The van der Waals surface area contributed by atoms with Crippen LogP contribution in [-0.2, 0) is 20.9 Å². The normalized spacial score (nSPS) is 12.1. The number of ether oxygens (including phenoxy) is 2. The molecule has 100 valence electrons. The number of hydrogen-bond acceptors (Lipinski definition) is 4. The number of benzene rings is 1. The summed E-state index contributed by atoms with van der Waals surface area (Å²) in [4.78, 5) is 11.6. The lowest BCUT2D eigenvalue weighted by atomic mass is 10.2. The molecule has 2 N–H and O–H groups in total. The number of esters is 1. The summed E-state index contributed by atoms with van der Waals surface area (Å²) < 4.78 is 10.6. The van der Waals surface area contributed by atoms with Crippen LogP contribution in [0.3, 0.4) is 0 Å². The summed E-state index contributed by atoms with van der Waals surface area (Å²) in [7, 11) is 0. The highest BCUT2D eigenvalue weighted by Crippen LogP contribution is 2.11. The van der Waals surface area contributed by atoms with Crippen LogP contribution >= 0.6 is 0 Å². The molecule has 0 radical (unpaired) electrons. The highest BCUT2D eigenvalue weighted by Gasteiger charge is 2.19. The number of rotatable bonds is 7. The molecule has 18 heavy (non-hydrogen) atoms. The van der Waals surface area contributed by atoms with Crippen LogP contribution in [0.5, 0.6) is 0 Å². The van der Waals surface area contributed by atoms with Crippen molar-refractivity contribution in [3.63, 3.8) is 0 Å². The highest BCUT2D eigenvalue weighted by atomic mass is 16.6. The predicted molar refractivity (Wildman–Crippen MR) is 71.0 cm³/mol. The first-order chi connectivity index (χ1) is 8.67. The van der Waals surface area contributed by atoms with Gasteiger partial charge in [-0.2, -0.15) is 0 Å². The quantitative estimate of drug-likeness (QED) is 0.597. The minimum Gasteiger partial charge on any atom is -0.464 e. The minimum atomic E-state index is -0.479. The lowest BCUT2D eigenvalue weighted by Gasteiger charge is -2.15. The van der Waals surface area contributed by atoms with E-state index in [1.54, 1.807) is 6.92 Å². The second-order valence-electron chi connectivity index (χ2n) is 4.08. The fourth-order valence-corrected chi connectivity index (χ4v) is 1.58. The Morgan fingerprint density at radius 3 is 2.50 bits per heavy atom. The minimum absolute atomic E-state index is 0.283. The van der Waals surface area contributed by atoms with Gasteiger partial charge in [0.05, 0.1) is 13.2 Å². The first-order valence-corrected chi connectivity index (χ1v) is 6.30. The molecule has 1 unspecified atom stereocenters. The van der Waals surface area contributed by atoms with Crippen molar-refractivity contribution in [3.05, 3.63) is 29.8 Å². The van der Waals surface area contributed by atoms with E-state index < -0.39 is 6.10 Å². The van der Waals surface area contributed by atoms with E-state index in [2.05, 4.69) is 0 Å². The van der Waals surface area contributed by atoms with E-state index in [1.165, 1.54) is 0 Å². The zero-order valence-corrected chi connectivity index (χ0v) is 11.0. The predicted octanol–water partition coefficient (Wildman–Crippen LogP) is 2.52. The largest absolute Gasteiger partial charge is 0.464 e. The van der Waals surface area contributed by atoms with Gasteiger partial charge in [0, 0.05) is 5.69 Å². The van der Waals surface area contributed by atoms with Gasteiger partial charge in [-0.1, -0.05) is 25.5 Å². The van der Waals surface area contributed by atoms with Gasteiger partial charge in [0.2, 0.25) is 0 Å². The molecule has 0 aromatic heterocycles. The maximum Gasteiger partial charge on any atom is 0.335 e. The third-order valence-corrected chi connectivity index (χ3v) is 2.53. The van der Waals surface area contributed by atoms with Crippen molar-refractivity contribution in [3.8, 4) is 0 Å². The Hall–Kier alpha value is -1.55. The van der Waals surface area contributed by atoms with Crippen LogP contribution in [0.1, 0.15) is 32.3 Å². The zero-order chi connectivity index (χ0) is 13.4. The summed E-state index contributed by atoms with van der Waals surface area (Å²) in [6.07, 6.45) is 1.08. The van der Waals surface area contributed by atoms with Gasteiger partial charge < -0.3 is 15.2 Å². The molecule has 0 spiro atoms. The number of nitrogen functional groups attached to an aromatic ring is 1. The van der Waals surface area contributed by atoms with Gasteiger partial charge in [0.1, 0.15) is 0 Å². The second-order valence-corrected chi connectivity index (χ2v) is 4.08. The Morgan fingerprint density at radius 2 is 1.94 bits per heavy atom. The van der Waals surface area contributed by atoms with E-state index in [9.17, 15) is 4.79 Å². The van der Waals surface area contributed by atoms with Crippen molar-refractivity contribution in [1.82, 2.24) is 0 Å². The summed E-state index contributed by atoms with van der Waals surface area (Å²) in [5.41, 5.74) is 7.32. The Labute approximate surface area is 108 Å². The molecule has 4 nitrogen and oxygen atoms in total. The summed E-state index contributed by atoms with van der Waals surface area (Å²) in [6.45, 7) is 4.58. The summed E-state index contributed by atoms with van der Waals surface area (Å²) in [6, 6.07) is 7.42. The van der Waals surface area contributed by atoms with Crippen LogP contribution < -0.4 is 5.73 Å². The van der Waals surface area contributed by atoms with Gasteiger partial charge in [0.25, 0.3) is 0 Å². The monoisotopic (exact) mass is 251 g/mol. The lowest BCUT2D eigenvalue weighted by Crippen LogP contribution is -2.26.